The zero-order valence-corrected chi connectivity index (χ0v) is 17.2. The summed E-state index contributed by atoms with van der Waals surface area (Å²) in [5, 5.41) is 11.1. The van der Waals surface area contributed by atoms with Gasteiger partial charge in [-0.3, -0.25) is 9.69 Å². The fourth-order valence-electron chi connectivity index (χ4n) is 3.67. The van der Waals surface area contributed by atoms with E-state index in [1.165, 1.54) is 18.5 Å². The van der Waals surface area contributed by atoms with Gasteiger partial charge in [0.1, 0.15) is 0 Å². The Morgan fingerprint density at radius 3 is 2.67 bits per heavy atom. The summed E-state index contributed by atoms with van der Waals surface area (Å²) in [6.45, 7) is 5.69. The van der Waals surface area contributed by atoms with Crippen LogP contribution in [0.3, 0.4) is 0 Å². The summed E-state index contributed by atoms with van der Waals surface area (Å²) < 4.78 is 11.0. The summed E-state index contributed by atoms with van der Waals surface area (Å²) in [4.78, 5) is 16.9. The van der Waals surface area contributed by atoms with Crippen LogP contribution in [-0.4, -0.2) is 47.2 Å². The van der Waals surface area contributed by atoms with E-state index in [1.807, 2.05) is 17.0 Å². The van der Waals surface area contributed by atoms with Crippen LogP contribution in [0.1, 0.15) is 32.1 Å². The number of amides is 1. The molecule has 1 fully saturated rings. The first-order chi connectivity index (χ1) is 14.7. The molecule has 1 aliphatic heterocycles. The Morgan fingerprint density at radius 2 is 1.97 bits per heavy atom. The first kappa shape index (κ1) is 20.2. The highest BCUT2D eigenvalue weighted by Gasteiger charge is 2.17. The zero-order chi connectivity index (χ0) is 20.8. The predicted octanol–water partition coefficient (Wildman–Crippen LogP) is 3.78. The van der Waals surface area contributed by atoms with E-state index in [-0.39, 0.29) is 12.5 Å². The van der Waals surface area contributed by atoms with Crippen LogP contribution in [0.4, 0.5) is 11.4 Å². The normalized spacial score (nSPS) is 13.9. The molecule has 3 heterocycles. The van der Waals surface area contributed by atoms with E-state index in [2.05, 4.69) is 39.5 Å². The van der Waals surface area contributed by atoms with Crippen LogP contribution in [0.15, 0.2) is 51.5 Å². The van der Waals surface area contributed by atoms with E-state index in [1.54, 1.807) is 18.4 Å². The Morgan fingerprint density at radius 1 is 1.17 bits per heavy atom. The van der Waals surface area contributed by atoms with Crippen LogP contribution in [-0.2, 0) is 11.3 Å². The maximum Gasteiger partial charge on any atom is 0.283 e. The van der Waals surface area contributed by atoms with E-state index >= 15 is 0 Å². The SMILES string of the molecule is CCCN(CC(=O)Nc1ccc(N2CCCC2)cc1)Cc1nnc(-c2ccco2)o1. The highest BCUT2D eigenvalue weighted by atomic mass is 16.4. The van der Waals surface area contributed by atoms with Crippen LogP contribution in [0, 0.1) is 0 Å². The van der Waals surface area contributed by atoms with Crippen molar-refractivity contribution < 1.29 is 13.6 Å². The van der Waals surface area contributed by atoms with Crippen molar-refractivity contribution in [2.24, 2.45) is 0 Å². The van der Waals surface area contributed by atoms with Crippen LogP contribution < -0.4 is 10.2 Å². The molecule has 8 heteroatoms. The van der Waals surface area contributed by atoms with Crippen LogP contribution in [0.5, 0.6) is 0 Å². The van der Waals surface area contributed by atoms with E-state index in [0.29, 0.717) is 24.1 Å². The average molecular weight is 409 g/mol. The number of anilines is 2. The van der Waals surface area contributed by atoms with Crippen molar-refractivity contribution in [1.29, 1.82) is 0 Å². The molecule has 1 saturated heterocycles. The summed E-state index contributed by atoms with van der Waals surface area (Å²) in [7, 11) is 0. The van der Waals surface area contributed by atoms with Gasteiger partial charge >= 0.3 is 0 Å². The monoisotopic (exact) mass is 409 g/mol. The van der Waals surface area contributed by atoms with Gasteiger partial charge in [0, 0.05) is 24.5 Å². The third kappa shape index (κ3) is 5.07. The standard InChI is InChI=1S/C22H27N5O3/c1-2-11-26(16-21-24-25-22(30-21)19-6-5-14-29-19)15-20(28)23-17-7-9-18(10-8-17)27-12-3-4-13-27/h5-10,14H,2-4,11-13,15-16H2,1H3,(H,23,28). The van der Waals surface area contributed by atoms with Gasteiger partial charge in [-0.05, 0) is 62.2 Å². The second kappa shape index (κ2) is 9.58. The lowest BCUT2D eigenvalue weighted by atomic mass is 10.2. The second-order valence-electron chi connectivity index (χ2n) is 7.48. The summed E-state index contributed by atoms with van der Waals surface area (Å²) in [6, 6.07) is 11.6. The number of rotatable bonds is 9. The lowest BCUT2D eigenvalue weighted by molar-refractivity contribution is -0.117. The quantitative estimate of drug-likeness (QED) is 0.575. The molecule has 30 heavy (non-hydrogen) atoms. The van der Waals surface area contributed by atoms with Crippen LogP contribution >= 0.6 is 0 Å². The highest BCUT2D eigenvalue weighted by Crippen LogP contribution is 2.22. The minimum absolute atomic E-state index is 0.0665. The largest absolute Gasteiger partial charge is 0.459 e. The van der Waals surface area contributed by atoms with Gasteiger partial charge in [0.2, 0.25) is 11.8 Å². The lowest BCUT2D eigenvalue weighted by Crippen LogP contribution is -2.33. The Kier molecular flexibility index (Phi) is 6.44. The molecule has 0 unspecified atom stereocenters. The van der Waals surface area contributed by atoms with Crippen LogP contribution in [0.25, 0.3) is 11.7 Å². The van der Waals surface area contributed by atoms with E-state index in [0.717, 1.165) is 31.7 Å². The highest BCUT2D eigenvalue weighted by molar-refractivity contribution is 5.92. The van der Waals surface area contributed by atoms with Gasteiger partial charge in [0.25, 0.3) is 5.89 Å². The molecule has 0 spiro atoms. The van der Waals surface area contributed by atoms with Crippen molar-refractivity contribution in [3.05, 3.63) is 48.6 Å². The Bertz CT molecular complexity index is 930. The second-order valence-corrected chi connectivity index (χ2v) is 7.48. The maximum atomic E-state index is 12.6. The molecule has 0 saturated carbocycles. The number of benzene rings is 1. The van der Waals surface area contributed by atoms with Gasteiger partial charge in [-0.2, -0.15) is 0 Å². The molecule has 1 aliphatic rings. The molecule has 0 atom stereocenters. The molecular weight excluding hydrogens is 382 g/mol. The summed E-state index contributed by atoms with van der Waals surface area (Å²) in [6.07, 6.45) is 4.96. The minimum Gasteiger partial charge on any atom is -0.459 e. The number of aromatic nitrogens is 2. The molecule has 4 rings (SSSR count). The van der Waals surface area contributed by atoms with Crippen molar-refractivity contribution in [3.8, 4) is 11.7 Å². The molecule has 0 radical (unpaired) electrons. The van der Waals surface area contributed by atoms with Crippen molar-refractivity contribution >= 4 is 17.3 Å². The maximum absolute atomic E-state index is 12.6. The topological polar surface area (TPSA) is 87.6 Å². The molecule has 2 aromatic heterocycles. The molecule has 8 nitrogen and oxygen atoms in total. The average Bonchev–Trinajstić information content (AvgIpc) is 3.51. The summed E-state index contributed by atoms with van der Waals surface area (Å²) >= 11 is 0. The van der Waals surface area contributed by atoms with Gasteiger partial charge in [-0.1, -0.05) is 6.92 Å². The molecule has 1 N–H and O–H groups in total. The van der Waals surface area contributed by atoms with Gasteiger partial charge < -0.3 is 19.1 Å². The molecule has 0 aliphatic carbocycles. The summed E-state index contributed by atoms with van der Waals surface area (Å²) in [5.41, 5.74) is 2.01. The number of hydrogen-bond acceptors (Lipinski definition) is 7. The van der Waals surface area contributed by atoms with Crippen molar-refractivity contribution in [1.82, 2.24) is 15.1 Å². The third-order valence-electron chi connectivity index (χ3n) is 5.09. The number of carbonyl (C=O) groups is 1. The van der Waals surface area contributed by atoms with Crippen molar-refractivity contribution in [3.63, 3.8) is 0 Å². The van der Waals surface area contributed by atoms with E-state index in [4.69, 9.17) is 8.83 Å². The van der Waals surface area contributed by atoms with E-state index in [9.17, 15) is 4.79 Å². The van der Waals surface area contributed by atoms with Gasteiger partial charge in [0.15, 0.2) is 5.76 Å². The fourth-order valence-corrected chi connectivity index (χ4v) is 3.67. The molecular formula is C22H27N5O3. The number of furan rings is 1. The summed E-state index contributed by atoms with van der Waals surface area (Å²) in [5.74, 6) is 1.26. The number of nitrogens with one attached hydrogen (secondary N) is 1. The minimum atomic E-state index is -0.0665. The molecule has 1 amide bonds. The lowest BCUT2D eigenvalue weighted by Gasteiger charge is -2.20. The first-order valence-electron chi connectivity index (χ1n) is 10.4. The Labute approximate surface area is 175 Å². The fraction of sp³-hybridized carbons (Fsp3) is 0.409. The van der Waals surface area contributed by atoms with Gasteiger partial charge in [-0.15, -0.1) is 10.2 Å². The Hall–Kier alpha value is -3.13. The molecule has 0 bridgehead atoms. The number of nitrogens with zero attached hydrogens (tertiary/aromatic N) is 4. The first-order valence-corrected chi connectivity index (χ1v) is 10.4. The Balaban J connectivity index is 1.32. The van der Waals surface area contributed by atoms with Crippen LogP contribution in [0.2, 0.25) is 0 Å². The van der Waals surface area contributed by atoms with Gasteiger partial charge in [0.05, 0.1) is 19.4 Å². The predicted molar refractivity (Wildman–Crippen MR) is 114 cm³/mol. The smallest absolute Gasteiger partial charge is 0.283 e. The molecule has 3 aromatic rings. The zero-order valence-electron chi connectivity index (χ0n) is 17.2. The molecule has 1 aromatic carbocycles. The number of carbonyl (C=O) groups excluding carboxylic acids is 1. The number of hydrogen-bond donors (Lipinski definition) is 1. The van der Waals surface area contributed by atoms with Crippen molar-refractivity contribution in [2.75, 3.05) is 36.4 Å². The molecule has 158 valence electrons. The third-order valence-corrected chi connectivity index (χ3v) is 5.09. The van der Waals surface area contributed by atoms with Crippen molar-refractivity contribution in [2.45, 2.75) is 32.7 Å². The van der Waals surface area contributed by atoms with E-state index < -0.39 is 0 Å². The van der Waals surface area contributed by atoms with Gasteiger partial charge in [-0.25, -0.2) is 0 Å².